The summed E-state index contributed by atoms with van der Waals surface area (Å²) in [6.45, 7) is -1.10. The molecule has 2 aromatic heterocycles. The predicted octanol–water partition coefficient (Wildman–Crippen LogP) is 3.68. The van der Waals surface area contributed by atoms with Gasteiger partial charge in [-0.05, 0) is 38.0 Å². The number of rotatable bonds is 7. The molecular formula is C22H28F6N6O3S. The topological polar surface area (TPSA) is 113 Å². The maximum absolute atomic E-state index is 13.6. The lowest BCUT2D eigenvalue weighted by Crippen LogP contribution is -2.47. The summed E-state index contributed by atoms with van der Waals surface area (Å²) in [5.74, 6) is -0.190. The van der Waals surface area contributed by atoms with Crippen LogP contribution >= 0.6 is 0 Å². The quantitative estimate of drug-likeness (QED) is 0.489. The SMILES string of the molecule is O=S(=O)(C1CCCC(CO)C1)N1CCC(Nc2ncc(C(F)(F)F)c(-c3cnn(CC(F)(F)F)c3)n2)CC1. The van der Waals surface area contributed by atoms with E-state index in [1.807, 2.05) is 0 Å². The second-order valence-electron chi connectivity index (χ2n) is 9.70. The minimum Gasteiger partial charge on any atom is -0.396 e. The van der Waals surface area contributed by atoms with Gasteiger partial charge in [-0.25, -0.2) is 22.7 Å². The maximum Gasteiger partial charge on any atom is 0.419 e. The molecule has 1 saturated heterocycles. The van der Waals surface area contributed by atoms with Crippen molar-refractivity contribution in [2.45, 2.75) is 68.7 Å². The molecule has 2 N–H and O–H groups in total. The molecule has 0 bridgehead atoms. The number of halogens is 6. The van der Waals surface area contributed by atoms with Gasteiger partial charge >= 0.3 is 12.4 Å². The highest BCUT2D eigenvalue weighted by Crippen LogP contribution is 2.36. The average molecular weight is 571 g/mol. The minimum absolute atomic E-state index is 0.0330. The number of anilines is 1. The lowest BCUT2D eigenvalue weighted by Gasteiger charge is -2.36. The first kappa shape index (κ1) is 28.5. The van der Waals surface area contributed by atoms with Gasteiger partial charge in [-0.2, -0.15) is 31.4 Å². The van der Waals surface area contributed by atoms with Gasteiger partial charge in [-0.15, -0.1) is 0 Å². The van der Waals surface area contributed by atoms with Crippen LogP contribution < -0.4 is 5.32 Å². The second kappa shape index (κ2) is 11.0. The molecule has 1 aliphatic heterocycles. The highest BCUT2D eigenvalue weighted by Gasteiger charge is 2.39. The number of alkyl halides is 6. The van der Waals surface area contributed by atoms with Crippen molar-refractivity contribution in [2.24, 2.45) is 5.92 Å². The molecule has 2 fully saturated rings. The zero-order valence-electron chi connectivity index (χ0n) is 20.2. The largest absolute Gasteiger partial charge is 0.419 e. The molecule has 1 aliphatic carbocycles. The first-order chi connectivity index (χ1) is 17.8. The van der Waals surface area contributed by atoms with Crippen LogP contribution in [0.2, 0.25) is 0 Å². The molecule has 4 rings (SSSR count). The summed E-state index contributed by atoms with van der Waals surface area (Å²) in [6.07, 6.45) is -3.97. The van der Waals surface area contributed by atoms with Crippen molar-refractivity contribution in [1.29, 1.82) is 0 Å². The maximum atomic E-state index is 13.6. The summed E-state index contributed by atoms with van der Waals surface area (Å²) in [5.41, 5.74) is -2.08. The van der Waals surface area contributed by atoms with Gasteiger partial charge in [0.15, 0.2) is 0 Å². The van der Waals surface area contributed by atoms with E-state index < -0.39 is 45.4 Å². The first-order valence-corrected chi connectivity index (χ1v) is 13.7. The highest BCUT2D eigenvalue weighted by atomic mass is 32.2. The highest BCUT2D eigenvalue weighted by molar-refractivity contribution is 7.89. The Labute approximate surface area is 215 Å². The molecule has 212 valence electrons. The molecule has 0 radical (unpaired) electrons. The summed E-state index contributed by atoms with van der Waals surface area (Å²) in [7, 11) is -3.55. The lowest BCUT2D eigenvalue weighted by atomic mass is 9.90. The molecule has 0 amide bonds. The van der Waals surface area contributed by atoms with E-state index in [9.17, 15) is 39.9 Å². The van der Waals surface area contributed by atoms with Crippen molar-refractivity contribution < 1.29 is 39.9 Å². The monoisotopic (exact) mass is 570 g/mol. The van der Waals surface area contributed by atoms with E-state index in [1.54, 1.807) is 0 Å². The molecule has 0 aromatic carbocycles. The summed E-state index contributed by atoms with van der Waals surface area (Å²) in [4.78, 5) is 7.69. The normalized spacial score (nSPS) is 22.5. The second-order valence-corrected chi connectivity index (χ2v) is 11.9. The van der Waals surface area contributed by atoms with Crippen LogP contribution in [-0.2, 0) is 22.7 Å². The van der Waals surface area contributed by atoms with E-state index in [0.717, 1.165) is 25.2 Å². The Balaban J connectivity index is 1.45. The molecule has 38 heavy (non-hydrogen) atoms. The Kier molecular flexibility index (Phi) is 8.23. The van der Waals surface area contributed by atoms with Crippen LogP contribution in [0.15, 0.2) is 18.6 Å². The number of sulfonamides is 1. The molecular weight excluding hydrogens is 542 g/mol. The van der Waals surface area contributed by atoms with Gasteiger partial charge in [0.1, 0.15) is 12.1 Å². The third-order valence-corrected chi connectivity index (χ3v) is 9.26. The molecule has 0 spiro atoms. The number of aliphatic hydroxyl groups is 1. The van der Waals surface area contributed by atoms with Crippen LogP contribution in [0.25, 0.3) is 11.3 Å². The average Bonchev–Trinajstić information content (AvgIpc) is 3.30. The van der Waals surface area contributed by atoms with E-state index in [4.69, 9.17) is 0 Å². The fourth-order valence-electron chi connectivity index (χ4n) is 4.96. The molecule has 9 nitrogen and oxygen atoms in total. The molecule has 2 aliphatic rings. The Bertz CT molecular complexity index is 1210. The van der Waals surface area contributed by atoms with Crippen molar-refractivity contribution >= 4 is 16.0 Å². The van der Waals surface area contributed by atoms with E-state index in [-0.39, 0.29) is 43.2 Å². The molecule has 2 unspecified atom stereocenters. The number of nitrogens with zero attached hydrogens (tertiary/aromatic N) is 5. The molecule has 16 heteroatoms. The number of aromatic nitrogens is 4. The number of piperidine rings is 1. The van der Waals surface area contributed by atoms with E-state index >= 15 is 0 Å². The van der Waals surface area contributed by atoms with Crippen LogP contribution in [-0.4, -0.2) is 74.7 Å². The fraction of sp³-hybridized carbons (Fsp3) is 0.682. The number of nitrogens with one attached hydrogen (secondary N) is 1. The lowest BCUT2D eigenvalue weighted by molar-refractivity contribution is -0.142. The fourth-order valence-corrected chi connectivity index (χ4v) is 7.08. The van der Waals surface area contributed by atoms with Crippen molar-refractivity contribution in [3.8, 4) is 11.3 Å². The minimum atomic E-state index is -4.85. The van der Waals surface area contributed by atoms with Gasteiger partial charge < -0.3 is 10.4 Å². The van der Waals surface area contributed by atoms with E-state index in [1.165, 1.54) is 4.31 Å². The van der Waals surface area contributed by atoms with Gasteiger partial charge in [-0.3, -0.25) is 4.68 Å². The summed E-state index contributed by atoms with van der Waals surface area (Å²) >= 11 is 0. The summed E-state index contributed by atoms with van der Waals surface area (Å²) < 4.78 is 107. The smallest absolute Gasteiger partial charge is 0.396 e. The number of hydrogen-bond acceptors (Lipinski definition) is 7. The number of hydrogen-bond donors (Lipinski definition) is 2. The third-order valence-electron chi connectivity index (χ3n) is 6.90. The summed E-state index contributed by atoms with van der Waals surface area (Å²) in [5, 5.41) is 15.3. The van der Waals surface area contributed by atoms with Crippen LogP contribution in [0.5, 0.6) is 0 Å². The van der Waals surface area contributed by atoms with Crippen molar-refractivity contribution in [3.05, 3.63) is 24.2 Å². The Morgan fingerprint density at radius 1 is 1.05 bits per heavy atom. The van der Waals surface area contributed by atoms with Crippen molar-refractivity contribution in [2.75, 3.05) is 25.0 Å². The Hall–Kier alpha value is -2.46. The molecule has 3 heterocycles. The molecule has 2 atom stereocenters. The predicted molar refractivity (Wildman–Crippen MR) is 124 cm³/mol. The van der Waals surface area contributed by atoms with Gasteiger partial charge in [0.05, 0.1) is 17.1 Å². The molecule has 2 aromatic rings. The van der Waals surface area contributed by atoms with Gasteiger partial charge in [-0.1, -0.05) is 6.42 Å². The first-order valence-electron chi connectivity index (χ1n) is 12.2. The van der Waals surface area contributed by atoms with Gasteiger partial charge in [0.2, 0.25) is 16.0 Å². The standard InChI is InChI=1S/C22H28F6N6O3S/c23-21(24,25)13-33-11-15(9-30-33)19-18(22(26,27)28)10-29-20(32-19)31-16-4-6-34(7-5-16)38(36,37)17-3-1-2-14(8-17)12-35/h9-11,14,16-17,35H,1-8,12-13H2,(H,29,31,32). The van der Waals surface area contributed by atoms with Gasteiger partial charge in [0, 0.05) is 43.7 Å². The number of aliphatic hydroxyl groups excluding tert-OH is 1. The summed E-state index contributed by atoms with van der Waals surface area (Å²) in [6, 6.07) is -0.324. The van der Waals surface area contributed by atoms with Crippen LogP contribution in [0.1, 0.15) is 44.1 Å². The van der Waals surface area contributed by atoms with E-state index in [0.29, 0.717) is 36.6 Å². The van der Waals surface area contributed by atoms with Crippen LogP contribution in [0, 0.1) is 5.92 Å². The van der Waals surface area contributed by atoms with Crippen LogP contribution in [0.4, 0.5) is 32.3 Å². The van der Waals surface area contributed by atoms with Crippen molar-refractivity contribution in [1.82, 2.24) is 24.1 Å². The molecule has 1 saturated carbocycles. The van der Waals surface area contributed by atoms with Crippen molar-refractivity contribution in [3.63, 3.8) is 0 Å². The third kappa shape index (κ3) is 6.75. The zero-order chi connectivity index (χ0) is 27.7. The van der Waals surface area contributed by atoms with Gasteiger partial charge in [0.25, 0.3) is 0 Å². The van der Waals surface area contributed by atoms with E-state index in [2.05, 4.69) is 20.4 Å². The van der Waals surface area contributed by atoms with Crippen LogP contribution in [0.3, 0.4) is 0 Å². The Morgan fingerprint density at radius 2 is 1.76 bits per heavy atom. The zero-order valence-corrected chi connectivity index (χ0v) is 21.0. The Morgan fingerprint density at radius 3 is 2.39 bits per heavy atom.